The van der Waals surface area contributed by atoms with Crippen molar-refractivity contribution in [3.8, 4) is 0 Å². The lowest BCUT2D eigenvalue weighted by atomic mass is 9.97. The van der Waals surface area contributed by atoms with E-state index in [0.29, 0.717) is 0 Å². The standard InChI is InChI=1S/C19H40N2O11/c1-9(2)21-10(4-3-5-11(24)15(28)17(30)13(26)7-22)19(32)20-6-12(25)16(29)18(31)14(27)8-23/h9-18,21-31H,3-8H2,1-2H3,(H,20,32)/t10?,11-,12-,13+,14+,15+,16+,17+,18+/m0/s1. The molecule has 1 unspecified atom stereocenters. The molecule has 13 nitrogen and oxygen atoms in total. The molecule has 0 aliphatic carbocycles. The van der Waals surface area contributed by atoms with Gasteiger partial charge in [0.1, 0.15) is 36.6 Å². The van der Waals surface area contributed by atoms with Crippen LogP contribution >= 0.6 is 0 Å². The molecule has 192 valence electrons. The highest BCUT2D eigenvalue weighted by Crippen LogP contribution is 2.13. The van der Waals surface area contributed by atoms with Crippen molar-refractivity contribution in [2.45, 2.75) is 94.0 Å². The van der Waals surface area contributed by atoms with E-state index >= 15 is 0 Å². The van der Waals surface area contributed by atoms with E-state index in [9.17, 15) is 45.6 Å². The maximum atomic E-state index is 12.5. The highest BCUT2D eigenvalue weighted by molar-refractivity contribution is 5.81. The Morgan fingerprint density at radius 1 is 0.688 bits per heavy atom. The van der Waals surface area contributed by atoms with Gasteiger partial charge in [-0.05, 0) is 19.3 Å². The number of hydrogen-bond donors (Lipinski definition) is 12. The average Bonchev–Trinajstić information content (AvgIpc) is 2.77. The Balaban J connectivity index is 4.73. The lowest BCUT2D eigenvalue weighted by molar-refractivity contribution is -0.128. The number of nitrogens with one attached hydrogen (secondary N) is 2. The van der Waals surface area contributed by atoms with Gasteiger partial charge in [0, 0.05) is 12.6 Å². The van der Waals surface area contributed by atoms with Gasteiger partial charge in [-0.1, -0.05) is 13.8 Å². The fraction of sp³-hybridized carbons (Fsp3) is 0.947. The first-order valence-electron chi connectivity index (χ1n) is 10.6. The summed E-state index contributed by atoms with van der Waals surface area (Å²) >= 11 is 0. The Morgan fingerprint density at radius 3 is 1.56 bits per heavy atom. The second-order valence-corrected chi connectivity index (χ2v) is 8.15. The third-order valence-corrected chi connectivity index (χ3v) is 4.98. The third-order valence-electron chi connectivity index (χ3n) is 4.98. The Kier molecular flexibility index (Phi) is 15.3. The van der Waals surface area contributed by atoms with Crippen LogP contribution in [0.15, 0.2) is 0 Å². The number of hydrogen-bond acceptors (Lipinski definition) is 12. The lowest BCUT2D eigenvalue weighted by Gasteiger charge is -2.27. The number of aliphatic hydroxyl groups is 10. The molecule has 0 aromatic carbocycles. The van der Waals surface area contributed by atoms with E-state index in [2.05, 4.69) is 10.6 Å². The first kappa shape index (κ1) is 31.0. The van der Waals surface area contributed by atoms with E-state index in [4.69, 9.17) is 10.2 Å². The molecule has 0 saturated heterocycles. The summed E-state index contributed by atoms with van der Waals surface area (Å²) < 4.78 is 0. The molecular formula is C19H40N2O11. The van der Waals surface area contributed by atoms with E-state index in [-0.39, 0.29) is 25.3 Å². The fourth-order valence-electron chi connectivity index (χ4n) is 2.97. The first-order chi connectivity index (χ1) is 14.9. The van der Waals surface area contributed by atoms with Crippen molar-refractivity contribution in [3.63, 3.8) is 0 Å². The number of aliphatic hydroxyl groups excluding tert-OH is 10. The summed E-state index contributed by atoms with van der Waals surface area (Å²) in [6, 6.07) is -0.885. The van der Waals surface area contributed by atoms with Crippen molar-refractivity contribution < 1.29 is 55.9 Å². The highest BCUT2D eigenvalue weighted by Gasteiger charge is 2.32. The van der Waals surface area contributed by atoms with Crippen molar-refractivity contribution in [1.82, 2.24) is 10.6 Å². The van der Waals surface area contributed by atoms with Crippen LogP contribution in [0, 0.1) is 0 Å². The third kappa shape index (κ3) is 10.8. The predicted molar refractivity (Wildman–Crippen MR) is 111 cm³/mol. The topological polar surface area (TPSA) is 243 Å². The molecule has 0 rings (SSSR count). The molecule has 1 amide bonds. The normalized spacial score (nSPS) is 20.7. The van der Waals surface area contributed by atoms with Crippen LogP contribution in [0.4, 0.5) is 0 Å². The predicted octanol–water partition coefficient (Wildman–Crippen LogP) is -5.49. The van der Waals surface area contributed by atoms with Crippen LogP contribution in [0.5, 0.6) is 0 Å². The molecule has 0 saturated carbocycles. The molecule has 0 radical (unpaired) electrons. The number of rotatable bonds is 17. The van der Waals surface area contributed by atoms with Crippen LogP contribution in [0.1, 0.15) is 33.1 Å². The average molecular weight is 473 g/mol. The zero-order valence-electron chi connectivity index (χ0n) is 18.4. The van der Waals surface area contributed by atoms with Gasteiger partial charge in [-0.25, -0.2) is 0 Å². The van der Waals surface area contributed by atoms with E-state index in [0.717, 1.165) is 0 Å². The van der Waals surface area contributed by atoms with Gasteiger partial charge in [0.25, 0.3) is 0 Å². The number of amides is 1. The zero-order valence-corrected chi connectivity index (χ0v) is 18.4. The van der Waals surface area contributed by atoms with Crippen molar-refractivity contribution >= 4 is 5.91 Å². The van der Waals surface area contributed by atoms with Crippen molar-refractivity contribution in [1.29, 1.82) is 0 Å². The van der Waals surface area contributed by atoms with Crippen LogP contribution in [0.2, 0.25) is 0 Å². The Morgan fingerprint density at radius 2 is 1.12 bits per heavy atom. The monoisotopic (exact) mass is 472 g/mol. The molecule has 0 heterocycles. The summed E-state index contributed by atoms with van der Waals surface area (Å²) in [5, 5.41) is 100. The second kappa shape index (κ2) is 15.8. The van der Waals surface area contributed by atoms with Crippen molar-refractivity contribution in [2.75, 3.05) is 19.8 Å². The maximum Gasteiger partial charge on any atom is 0.237 e. The molecule has 13 heteroatoms. The van der Waals surface area contributed by atoms with E-state index in [1.54, 1.807) is 13.8 Å². The quantitative estimate of drug-likeness (QED) is 0.0948. The second-order valence-electron chi connectivity index (χ2n) is 8.15. The van der Waals surface area contributed by atoms with E-state index in [1.807, 2.05) is 0 Å². The Bertz CT molecular complexity index is 514. The summed E-state index contributed by atoms with van der Waals surface area (Å²) in [5.41, 5.74) is 0. The van der Waals surface area contributed by atoms with Gasteiger partial charge in [-0.3, -0.25) is 4.79 Å². The van der Waals surface area contributed by atoms with E-state index < -0.39 is 80.5 Å². The van der Waals surface area contributed by atoms with Gasteiger partial charge >= 0.3 is 0 Å². The lowest BCUT2D eigenvalue weighted by Crippen LogP contribution is -2.52. The van der Waals surface area contributed by atoms with Gasteiger partial charge in [0.15, 0.2) is 0 Å². The molecule has 0 bridgehead atoms. The first-order valence-corrected chi connectivity index (χ1v) is 10.6. The minimum atomic E-state index is -1.82. The molecular weight excluding hydrogens is 432 g/mol. The molecule has 0 aromatic rings. The smallest absolute Gasteiger partial charge is 0.237 e. The summed E-state index contributed by atoms with van der Waals surface area (Å²) in [4.78, 5) is 12.5. The highest BCUT2D eigenvalue weighted by atomic mass is 16.4. The van der Waals surface area contributed by atoms with Crippen LogP contribution in [-0.2, 0) is 4.79 Å². The molecule has 0 aliphatic rings. The maximum absolute atomic E-state index is 12.5. The zero-order chi connectivity index (χ0) is 25.0. The van der Waals surface area contributed by atoms with Gasteiger partial charge in [-0.15, -0.1) is 0 Å². The largest absolute Gasteiger partial charge is 0.394 e. The molecule has 9 atom stereocenters. The SMILES string of the molecule is CC(C)NC(CCC[C@H](O)[C@@H](O)[C@H](O)[C@H](O)CO)C(=O)NC[C@H](O)[C@@H](O)[C@H](O)[C@H](O)CO. The van der Waals surface area contributed by atoms with Crippen molar-refractivity contribution in [3.05, 3.63) is 0 Å². The van der Waals surface area contributed by atoms with Gasteiger partial charge in [0.2, 0.25) is 5.91 Å². The van der Waals surface area contributed by atoms with Crippen molar-refractivity contribution in [2.24, 2.45) is 0 Å². The van der Waals surface area contributed by atoms with Crippen LogP contribution < -0.4 is 10.6 Å². The summed E-state index contributed by atoms with van der Waals surface area (Å²) in [5.74, 6) is -0.548. The molecule has 32 heavy (non-hydrogen) atoms. The minimum Gasteiger partial charge on any atom is -0.394 e. The summed E-state index contributed by atoms with van der Waals surface area (Å²) in [6.45, 7) is 1.52. The molecule has 0 spiro atoms. The summed E-state index contributed by atoms with van der Waals surface area (Å²) in [6.07, 6.45) is -13.0. The number of carbonyl (C=O) groups excluding carboxylic acids is 1. The fourth-order valence-corrected chi connectivity index (χ4v) is 2.97. The van der Waals surface area contributed by atoms with Crippen LogP contribution in [0.25, 0.3) is 0 Å². The minimum absolute atomic E-state index is 0.0213. The number of carbonyl (C=O) groups is 1. The molecule has 0 fully saturated rings. The van der Waals surface area contributed by atoms with Gasteiger partial charge < -0.3 is 61.7 Å². The van der Waals surface area contributed by atoms with Crippen LogP contribution in [0.3, 0.4) is 0 Å². The summed E-state index contributed by atoms with van der Waals surface area (Å²) in [7, 11) is 0. The van der Waals surface area contributed by atoms with E-state index in [1.165, 1.54) is 0 Å². The Hall–Kier alpha value is -0.970. The molecule has 0 aliphatic heterocycles. The van der Waals surface area contributed by atoms with Crippen LogP contribution in [-0.4, -0.2) is 138 Å². The van der Waals surface area contributed by atoms with Gasteiger partial charge in [-0.2, -0.15) is 0 Å². The Labute approximate surface area is 187 Å². The molecule has 12 N–H and O–H groups in total. The van der Waals surface area contributed by atoms with Gasteiger partial charge in [0.05, 0.1) is 31.5 Å². The molecule has 0 aromatic heterocycles.